The third-order valence-electron chi connectivity index (χ3n) is 6.11. The number of carbonyl (C=O) groups is 2. The molecule has 1 aliphatic rings. The third kappa shape index (κ3) is 4.40. The van der Waals surface area contributed by atoms with Crippen molar-refractivity contribution in [2.75, 3.05) is 13.2 Å². The number of rotatable bonds is 10. The summed E-state index contributed by atoms with van der Waals surface area (Å²) < 4.78 is 10.8. The first-order valence-electron chi connectivity index (χ1n) is 10.7. The predicted molar refractivity (Wildman–Crippen MR) is 117 cm³/mol. The van der Waals surface area contributed by atoms with Crippen LogP contribution in [0.4, 0.5) is 0 Å². The molecule has 0 aliphatic heterocycles. The van der Waals surface area contributed by atoms with Crippen molar-refractivity contribution in [2.45, 2.75) is 53.8 Å². The van der Waals surface area contributed by atoms with Crippen molar-refractivity contribution in [1.29, 1.82) is 0 Å². The summed E-state index contributed by atoms with van der Waals surface area (Å²) in [5, 5.41) is 0. The average Bonchev–Trinajstić information content (AvgIpc) is 2.77. The van der Waals surface area contributed by atoms with Gasteiger partial charge in [-0.1, -0.05) is 48.5 Å². The van der Waals surface area contributed by atoms with E-state index in [0.717, 1.165) is 22.3 Å². The molecule has 1 saturated carbocycles. The largest absolute Gasteiger partial charge is 0.377 e. The zero-order valence-corrected chi connectivity index (χ0v) is 18.5. The van der Waals surface area contributed by atoms with Crippen LogP contribution >= 0.6 is 0 Å². The minimum atomic E-state index is -0.939. The van der Waals surface area contributed by atoms with E-state index in [-0.39, 0.29) is 11.6 Å². The van der Waals surface area contributed by atoms with Gasteiger partial charge in [-0.05, 0) is 62.8 Å². The van der Waals surface area contributed by atoms with Crippen LogP contribution in [0.1, 0.15) is 49.9 Å². The maximum Gasteiger partial charge on any atom is 0.160 e. The minimum absolute atomic E-state index is 0.0387. The van der Waals surface area contributed by atoms with Crippen molar-refractivity contribution in [3.63, 3.8) is 0 Å². The lowest BCUT2D eigenvalue weighted by atomic mass is 9.49. The molecule has 3 rings (SSSR count). The second-order valence-electron chi connectivity index (χ2n) is 8.58. The number of hydrogen-bond acceptors (Lipinski definition) is 4. The zero-order valence-electron chi connectivity index (χ0n) is 18.5. The van der Waals surface area contributed by atoms with Gasteiger partial charge in [0.2, 0.25) is 0 Å². The van der Waals surface area contributed by atoms with Crippen LogP contribution in [0.3, 0.4) is 0 Å². The van der Waals surface area contributed by atoms with Gasteiger partial charge in [-0.15, -0.1) is 0 Å². The Hall–Kier alpha value is -2.30. The molecular weight excluding hydrogens is 376 g/mol. The van der Waals surface area contributed by atoms with E-state index in [1.165, 1.54) is 0 Å². The highest BCUT2D eigenvalue weighted by Gasteiger charge is 2.65. The summed E-state index contributed by atoms with van der Waals surface area (Å²) in [4.78, 5) is 26.4. The number of ketones is 2. The summed E-state index contributed by atoms with van der Waals surface area (Å²) in [6.45, 7) is 10.0. The summed E-state index contributed by atoms with van der Waals surface area (Å²) in [5.41, 5.74) is 2.31. The van der Waals surface area contributed by atoms with Gasteiger partial charge in [0, 0.05) is 13.2 Å². The molecule has 1 fully saturated rings. The molecule has 2 aromatic carbocycles. The second-order valence-corrected chi connectivity index (χ2v) is 8.58. The Labute approximate surface area is 179 Å². The Morgan fingerprint density at radius 2 is 0.900 bits per heavy atom. The van der Waals surface area contributed by atoms with Crippen molar-refractivity contribution < 1.29 is 19.1 Å². The smallest absolute Gasteiger partial charge is 0.160 e. The van der Waals surface area contributed by atoms with Crippen molar-refractivity contribution in [2.24, 2.45) is 10.8 Å². The first-order chi connectivity index (χ1) is 14.3. The lowest BCUT2D eigenvalue weighted by Gasteiger charge is -2.49. The van der Waals surface area contributed by atoms with E-state index >= 15 is 0 Å². The van der Waals surface area contributed by atoms with Crippen LogP contribution in [0.25, 0.3) is 0 Å². The standard InChI is InChI=1S/C26H32O4/c1-5-29-17-21-11-7-19(8-12-21)15-25(3)23(27)26(4,24(25)28)16-20-9-13-22(14-10-20)18-30-6-2/h7-14H,5-6,15-18H2,1-4H3. The average molecular weight is 409 g/mol. The summed E-state index contributed by atoms with van der Waals surface area (Å²) in [6.07, 6.45) is 0.894. The molecule has 0 heterocycles. The molecule has 30 heavy (non-hydrogen) atoms. The fourth-order valence-electron chi connectivity index (χ4n) is 4.45. The molecule has 0 N–H and O–H groups in total. The lowest BCUT2D eigenvalue weighted by molar-refractivity contribution is -0.168. The summed E-state index contributed by atoms with van der Waals surface area (Å²) in [6, 6.07) is 16.0. The van der Waals surface area contributed by atoms with Crippen molar-refractivity contribution in [3.8, 4) is 0 Å². The van der Waals surface area contributed by atoms with Gasteiger partial charge in [-0.2, -0.15) is 0 Å². The van der Waals surface area contributed by atoms with Crippen LogP contribution in [0, 0.1) is 10.8 Å². The summed E-state index contributed by atoms with van der Waals surface area (Å²) in [5.74, 6) is 0.0774. The Bertz CT molecular complexity index is 793. The minimum Gasteiger partial charge on any atom is -0.377 e. The monoisotopic (exact) mass is 408 g/mol. The van der Waals surface area contributed by atoms with Gasteiger partial charge in [-0.25, -0.2) is 0 Å². The Morgan fingerprint density at radius 3 is 1.20 bits per heavy atom. The van der Waals surface area contributed by atoms with E-state index in [4.69, 9.17) is 9.47 Å². The van der Waals surface area contributed by atoms with Gasteiger partial charge >= 0.3 is 0 Å². The van der Waals surface area contributed by atoms with Crippen LogP contribution in [0.5, 0.6) is 0 Å². The van der Waals surface area contributed by atoms with E-state index in [1.54, 1.807) is 13.8 Å². The molecule has 0 aromatic heterocycles. The molecule has 4 heteroatoms. The van der Waals surface area contributed by atoms with E-state index in [1.807, 2.05) is 62.4 Å². The van der Waals surface area contributed by atoms with Gasteiger partial charge in [-0.3, -0.25) is 9.59 Å². The molecule has 2 aromatic rings. The van der Waals surface area contributed by atoms with Crippen LogP contribution in [0.2, 0.25) is 0 Å². The van der Waals surface area contributed by atoms with Crippen molar-refractivity contribution in [1.82, 2.24) is 0 Å². The lowest BCUT2D eigenvalue weighted by Crippen LogP contribution is -2.65. The fraction of sp³-hybridized carbons (Fsp3) is 0.462. The molecule has 0 amide bonds. The molecule has 160 valence electrons. The van der Waals surface area contributed by atoms with E-state index < -0.39 is 10.8 Å². The predicted octanol–water partition coefficient (Wildman–Crippen LogP) is 4.71. The van der Waals surface area contributed by atoms with Crippen molar-refractivity contribution >= 4 is 11.6 Å². The number of carbonyl (C=O) groups excluding carboxylic acids is 2. The number of ether oxygens (including phenoxy) is 2. The van der Waals surface area contributed by atoms with Gasteiger partial charge in [0.15, 0.2) is 11.6 Å². The Morgan fingerprint density at radius 1 is 0.600 bits per heavy atom. The molecule has 0 bridgehead atoms. The van der Waals surface area contributed by atoms with Gasteiger partial charge in [0.05, 0.1) is 24.0 Å². The van der Waals surface area contributed by atoms with Crippen LogP contribution in [-0.4, -0.2) is 24.8 Å². The molecule has 0 saturated heterocycles. The second kappa shape index (κ2) is 9.23. The summed E-state index contributed by atoms with van der Waals surface area (Å²) >= 11 is 0. The maximum absolute atomic E-state index is 13.2. The first kappa shape index (κ1) is 22.4. The third-order valence-corrected chi connectivity index (χ3v) is 6.11. The van der Waals surface area contributed by atoms with E-state index in [9.17, 15) is 9.59 Å². The maximum atomic E-state index is 13.2. The molecule has 0 spiro atoms. The SMILES string of the molecule is CCOCc1ccc(CC2(C)C(=O)C(C)(Cc3ccc(COCC)cc3)C2=O)cc1. The first-order valence-corrected chi connectivity index (χ1v) is 10.7. The fourth-order valence-corrected chi connectivity index (χ4v) is 4.45. The van der Waals surface area contributed by atoms with E-state index in [0.29, 0.717) is 39.3 Å². The molecule has 0 radical (unpaired) electrons. The van der Waals surface area contributed by atoms with Crippen molar-refractivity contribution in [3.05, 3.63) is 70.8 Å². The summed E-state index contributed by atoms with van der Waals surface area (Å²) in [7, 11) is 0. The molecule has 0 atom stereocenters. The van der Waals surface area contributed by atoms with Crippen LogP contribution in [0.15, 0.2) is 48.5 Å². The van der Waals surface area contributed by atoms with Crippen LogP contribution < -0.4 is 0 Å². The number of Topliss-reactive ketones (excluding diaryl/α,β-unsaturated/α-hetero) is 2. The van der Waals surface area contributed by atoms with Gasteiger partial charge in [0.1, 0.15) is 0 Å². The zero-order chi connectivity index (χ0) is 21.8. The van der Waals surface area contributed by atoms with Crippen LogP contribution in [-0.2, 0) is 45.1 Å². The van der Waals surface area contributed by atoms with Gasteiger partial charge < -0.3 is 9.47 Å². The number of hydrogen-bond donors (Lipinski definition) is 0. The molecule has 4 nitrogen and oxygen atoms in total. The highest BCUT2D eigenvalue weighted by molar-refractivity contribution is 6.30. The normalized spacial score (nSPS) is 23.5. The molecular formula is C26H32O4. The van der Waals surface area contributed by atoms with E-state index in [2.05, 4.69) is 0 Å². The number of benzene rings is 2. The quantitative estimate of drug-likeness (QED) is 0.534. The highest BCUT2D eigenvalue weighted by Crippen LogP contribution is 2.50. The topological polar surface area (TPSA) is 52.6 Å². The molecule has 0 unspecified atom stereocenters. The Kier molecular flexibility index (Phi) is 6.89. The van der Waals surface area contributed by atoms with Gasteiger partial charge in [0.25, 0.3) is 0 Å². The highest BCUT2D eigenvalue weighted by atomic mass is 16.5. The Balaban J connectivity index is 1.65. The molecule has 1 aliphatic carbocycles.